The summed E-state index contributed by atoms with van der Waals surface area (Å²) in [7, 11) is -4.15. The number of hydrogen-bond acceptors (Lipinski definition) is 5. The Morgan fingerprint density at radius 1 is 1.12 bits per heavy atom. The molecule has 0 aromatic heterocycles. The van der Waals surface area contributed by atoms with E-state index in [2.05, 4.69) is 9.46 Å². The summed E-state index contributed by atoms with van der Waals surface area (Å²) in [6.45, 7) is 1.54. The van der Waals surface area contributed by atoms with Crippen molar-refractivity contribution >= 4 is 21.4 Å². The van der Waals surface area contributed by atoms with E-state index in [0.717, 1.165) is 30.3 Å². The predicted molar refractivity (Wildman–Crippen MR) is 81.8 cm³/mol. The molecular weight excluding hydrogens is 365 g/mol. The number of non-ortho nitro benzene ring substituents is 1. The Hall–Kier alpha value is -2.82. The normalized spacial score (nSPS) is 11.8. The summed E-state index contributed by atoms with van der Waals surface area (Å²) in [5.74, 6) is -0.571. The number of aryl methyl sites for hydroxylation is 1. The van der Waals surface area contributed by atoms with Crippen molar-refractivity contribution in [1.82, 2.24) is 0 Å². The van der Waals surface area contributed by atoms with Gasteiger partial charge >= 0.3 is 6.36 Å². The first-order valence-electron chi connectivity index (χ1n) is 6.61. The average Bonchev–Trinajstić information content (AvgIpc) is 2.48. The molecule has 0 saturated carbocycles. The number of nitrogens with zero attached hydrogens (tertiary/aromatic N) is 1. The van der Waals surface area contributed by atoms with Crippen LogP contribution in [0.1, 0.15) is 5.56 Å². The zero-order valence-electron chi connectivity index (χ0n) is 12.6. The van der Waals surface area contributed by atoms with Crippen LogP contribution in [0.25, 0.3) is 0 Å². The van der Waals surface area contributed by atoms with Gasteiger partial charge in [-0.3, -0.25) is 14.8 Å². The van der Waals surface area contributed by atoms with Crippen LogP contribution in [0.4, 0.5) is 24.5 Å². The van der Waals surface area contributed by atoms with Crippen molar-refractivity contribution in [3.63, 3.8) is 0 Å². The zero-order valence-corrected chi connectivity index (χ0v) is 13.4. The first-order chi connectivity index (χ1) is 11.5. The van der Waals surface area contributed by atoms with Crippen LogP contribution < -0.4 is 9.46 Å². The van der Waals surface area contributed by atoms with Gasteiger partial charge in [0.1, 0.15) is 5.75 Å². The summed E-state index contributed by atoms with van der Waals surface area (Å²) in [6, 6.07) is 7.19. The third-order valence-electron chi connectivity index (χ3n) is 3.04. The number of alkyl halides is 3. The van der Waals surface area contributed by atoms with Crippen LogP contribution in [0.2, 0.25) is 0 Å². The summed E-state index contributed by atoms with van der Waals surface area (Å²) in [5, 5.41) is 10.8. The average molecular weight is 376 g/mol. The van der Waals surface area contributed by atoms with E-state index < -0.39 is 27.1 Å². The van der Waals surface area contributed by atoms with Gasteiger partial charge in [0.15, 0.2) is 0 Å². The molecule has 134 valence electrons. The van der Waals surface area contributed by atoms with Crippen molar-refractivity contribution in [2.45, 2.75) is 18.2 Å². The summed E-state index contributed by atoms with van der Waals surface area (Å²) < 4.78 is 66.7. The Labute approximate surface area is 140 Å². The van der Waals surface area contributed by atoms with E-state index in [9.17, 15) is 31.7 Å². The van der Waals surface area contributed by atoms with Gasteiger partial charge in [0.2, 0.25) is 0 Å². The Morgan fingerprint density at radius 3 is 2.24 bits per heavy atom. The van der Waals surface area contributed by atoms with Gasteiger partial charge < -0.3 is 4.74 Å². The number of nitrogens with one attached hydrogen (secondary N) is 1. The number of halogens is 3. The highest BCUT2D eigenvalue weighted by atomic mass is 32.2. The number of hydrogen-bond donors (Lipinski definition) is 1. The number of ether oxygens (including phenoxy) is 1. The van der Waals surface area contributed by atoms with E-state index in [0.29, 0.717) is 5.56 Å². The summed E-state index contributed by atoms with van der Waals surface area (Å²) in [5.41, 5.74) is 0.119. The molecule has 0 aliphatic heterocycles. The second-order valence-corrected chi connectivity index (χ2v) is 6.56. The first-order valence-corrected chi connectivity index (χ1v) is 8.10. The van der Waals surface area contributed by atoms with Crippen LogP contribution in [0.15, 0.2) is 47.4 Å². The number of nitro benzene ring substituents is 1. The van der Waals surface area contributed by atoms with E-state index in [1.54, 1.807) is 6.92 Å². The maximum atomic E-state index is 12.3. The molecule has 0 bridgehead atoms. The lowest BCUT2D eigenvalue weighted by molar-refractivity contribution is -0.384. The third kappa shape index (κ3) is 4.83. The molecule has 0 unspecified atom stereocenters. The second kappa shape index (κ2) is 6.59. The lowest BCUT2D eigenvalue weighted by Gasteiger charge is -2.12. The van der Waals surface area contributed by atoms with E-state index in [1.807, 2.05) is 0 Å². The molecular formula is C14H11F3N2O5S. The highest BCUT2D eigenvalue weighted by Gasteiger charge is 2.31. The lowest BCUT2D eigenvalue weighted by Crippen LogP contribution is -2.17. The molecule has 11 heteroatoms. The minimum atomic E-state index is -4.89. The zero-order chi connectivity index (χ0) is 18.8. The monoisotopic (exact) mass is 376 g/mol. The number of rotatable bonds is 5. The summed E-state index contributed by atoms with van der Waals surface area (Å²) in [4.78, 5) is 9.77. The van der Waals surface area contributed by atoms with Crippen LogP contribution in [0.5, 0.6) is 5.75 Å². The van der Waals surface area contributed by atoms with Gasteiger partial charge in [-0.25, -0.2) is 8.42 Å². The number of sulfonamides is 1. The predicted octanol–water partition coefficient (Wildman–Crippen LogP) is 3.60. The molecule has 25 heavy (non-hydrogen) atoms. The molecule has 7 nitrogen and oxygen atoms in total. The SMILES string of the molecule is Cc1ccc([N+](=O)[O-])cc1NS(=O)(=O)c1ccc(OC(F)(F)F)cc1. The standard InChI is InChI=1S/C14H11F3N2O5S/c1-9-2-3-10(19(20)21)8-13(9)18-25(22,23)12-6-4-11(5-7-12)24-14(15,16)17/h2-8,18H,1H3. The Balaban J connectivity index is 2.28. The summed E-state index contributed by atoms with van der Waals surface area (Å²) >= 11 is 0. The molecule has 2 aromatic rings. The van der Waals surface area contributed by atoms with Gasteiger partial charge in [-0.05, 0) is 36.8 Å². The Bertz CT molecular complexity index is 896. The molecule has 1 N–H and O–H groups in total. The summed E-state index contributed by atoms with van der Waals surface area (Å²) in [6.07, 6.45) is -4.89. The van der Waals surface area contributed by atoms with Crippen molar-refractivity contribution < 1.29 is 31.2 Å². The van der Waals surface area contributed by atoms with E-state index in [1.165, 1.54) is 12.1 Å². The highest BCUT2D eigenvalue weighted by molar-refractivity contribution is 7.92. The lowest BCUT2D eigenvalue weighted by atomic mass is 10.2. The molecule has 2 rings (SSSR count). The van der Waals surface area contributed by atoms with E-state index in [4.69, 9.17) is 0 Å². The number of benzene rings is 2. The minimum absolute atomic E-state index is 0.00943. The molecule has 0 atom stereocenters. The smallest absolute Gasteiger partial charge is 0.406 e. The van der Waals surface area contributed by atoms with Crippen molar-refractivity contribution in [2.75, 3.05) is 4.72 Å². The molecule has 0 amide bonds. The van der Waals surface area contributed by atoms with Crippen LogP contribution in [-0.4, -0.2) is 19.7 Å². The van der Waals surface area contributed by atoms with Gasteiger partial charge in [-0.15, -0.1) is 13.2 Å². The van der Waals surface area contributed by atoms with Gasteiger partial charge in [0.25, 0.3) is 15.7 Å². The quantitative estimate of drug-likeness (QED) is 0.635. The van der Waals surface area contributed by atoms with Crippen molar-refractivity contribution in [1.29, 1.82) is 0 Å². The molecule has 0 aliphatic rings. The molecule has 0 aliphatic carbocycles. The third-order valence-corrected chi connectivity index (χ3v) is 4.43. The maximum absolute atomic E-state index is 12.3. The fourth-order valence-electron chi connectivity index (χ4n) is 1.86. The van der Waals surface area contributed by atoms with E-state index in [-0.39, 0.29) is 16.3 Å². The van der Waals surface area contributed by atoms with Crippen LogP contribution in [0, 0.1) is 17.0 Å². The maximum Gasteiger partial charge on any atom is 0.573 e. The number of nitro groups is 1. The molecule has 0 fully saturated rings. The van der Waals surface area contributed by atoms with Crippen LogP contribution >= 0.6 is 0 Å². The largest absolute Gasteiger partial charge is 0.573 e. The second-order valence-electron chi connectivity index (χ2n) is 4.88. The van der Waals surface area contributed by atoms with Gasteiger partial charge in [-0.1, -0.05) is 6.07 Å². The molecule has 2 aromatic carbocycles. The molecule has 0 heterocycles. The minimum Gasteiger partial charge on any atom is -0.406 e. The fraction of sp³-hybridized carbons (Fsp3) is 0.143. The van der Waals surface area contributed by atoms with Gasteiger partial charge in [0, 0.05) is 12.1 Å². The highest BCUT2D eigenvalue weighted by Crippen LogP contribution is 2.27. The van der Waals surface area contributed by atoms with Gasteiger partial charge in [0.05, 0.1) is 15.5 Å². The van der Waals surface area contributed by atoms with Crippen molar-refractivity contribution in [3.05, 3.63) is 58.1 Å². The van der Waals surface area contributed by atoms with E-state index >= 15 is 0 Å². The Morgan fingerprint density at radius 2 is 1.72 bits per heavy atom. The van der Waals surface area contributed by atoms with Crippen LogP contribution in [0.3, 0.4) is 0 Å². The topological polar surface area (TPSA) is 98.5 Å². The molecule has 0 radical (unpaired) electrons. The fourth-order valence-corrected chi connectivity index (χ4v) is 2.98. The molecule has 0 spiro atoms. The Kier molecular flexibility index (Phi) is 4.88. The molecule has 0 saturated heterocycles. The van der Waals surface area contributed by atoms with Gasteiger partial charge in [-0.2, -0.15) is 0 Å². The van der Waals surface area contributed by atoms with Crippen LogP contribution in [-0.2, 0) is 10.0 Å². The van der Waals surface area contributed by atoms with Crippen molar-refractivity contribution in [2.24, 2.45) is 0 Å². The first kappa shape index (κ1) is 18.5. The number of anilines is 1. The van der Waals surface area contributed by atoms with Crippen molar-refractivity contribution in [3.8, 4) is 5.75 Å².